The van der Waals surface area contributed by atoms with Gasteiger partial charge in [0.25, 0.3) is 5.91 Å². The van der Waals surface area contributed by atoms with E-state index in [1.165, 1.54) is 23.9 Å². The Hall–Kier alpha value is -2.68. The molecular weight excluding hydrogens is 402 g/mol. The van der Waals surface area contributed by atoms with Crippen LogP contribution in [0.15, 0.2) is 48.7 Å². The molecule has 1 aliphatic rings. The lowest BCUT2D eigenvalue weighted by atomic mass is 10.1. The summed E-state index contributed by atoms with van der Waals surface area (Å²) in [6, 6.07) is 12.7. The van der Waals surface area contributed by atoms with Crippen LogP contribution in [-0.2, 0) is 6.54 Å². The summed E-state index contributed by atoms with van der Waals surface area (Å²) in [6.07, 6.45) is -2.61. The minimum atomic E-state index is -4.26. The van der Waals surface area contributed by atoms with Crippen LogP contribution in [0.4, 0.5) is 17.6 Å². The second kappa shape index (κ2) is 9.42. The van der Waals surface area contributed by atoms with Gasteiger partial charge in [-0.25, -0.2) is 13.8 Å². The van der Waals surface area contributed by atoms with E-state index in [4.69, 9.17) is 0 Å². The van der Waals surface area contributed by atoms with Crippen molar-refractivity contribution in [2.75, 3.05) is 26.2 Å². The number of alkyl halides is 4. The van der Waals surface area contributed by atoms with Crippen LogP contribution in [0.5, 0.6) is 5.88 Å². The van der Waals surface area contributed by atoms with E-state index in [1.807, 2.05) is 25.1 Å². The fourth-order valence-corrected chi connectivity index (χ4v) is 3.31. The van der Waals surface area contributed by atoms with Crippen LogP contribution in [0.3, 0.4) is 0 Å². The van der Waals surface area contributed by atoms with Crippen LogP contribution in [0, 0.1) is 0 Å². The highest BCUT2D eigenvalue weighted by atomic mass is 19.3. The average molecular weight is 425 g/mol. The van der Waals surface area contributed by atoms with Gasteiger partial charge in [0, 0.05) is 44.5 Å². The van der Waals surface area contributed by atoms with Gasteiger partial charge in [0.05, 0.1) is 5.56 Å². The Kier molecular flexibility index (Phi) is 6.91. The third-order valence-corrected chi connectivity index (χ3v) is 4.94. The van der Waals surface area contributed by atoms with Gasteiger partial charge in [-0.15, -0.1) is 0 Å². The SMILES string of the molecule is CC1CN(Cc2ccccc2)CCN1C(=O)c1ccc(OCC(F)(F)C(F)F)nc1. The molecular formula is C21H23F4N3O2. The first-order valence-electron chi connectivity index (χ1n) is 9.58. The van der Waals surface area contributed by atoms with Gasteiger partial charge in [-0.2, -0.15) is 8.78 Å². The lowest BCUT2D eigenvalue weighted by molar-refractivity contribution is -0.148. The standard InChI is InChI=1S/C21H23F4N3O2/c1-15-12-27(13-16-5-3-2-4-6-16)9-10-28(15)19(29)17-7-8-18(26-11-17)30-14-21(24,25)20(22)23/h2-8,11,15,20H,9-10,12-14H2,1H3. The number of hydrogen-bond acceptors (Lipinski definition) is 4. The highest BCUT2D eigenvalue weighted by Crippen LogP contribution is 2.24. The predicted octanol–water partition coefficient (Wildman–Crippen LogP) is 3.71. The molecule has 30 heavy (non-hydrogen) atoms. The van der Waals surface area contributed by atoms with E-state index < -0.39 is 19.0 Å². The second-order valence-corrected chi connectivity index (χ2v) is 7.30. The first-order chi connectivity index (χ1) is 14.3. The molecule has 9 heteroatoms. The molecule has 162 valence electrons. The van der Waals surface area contributed by atoms with E-state index >= 15 is 0 Å². The lowest BCUT2D eigenvalue weighted by Gasteiger charge is -2.40. The van der Waals surface area contributed by atoms with E-state index in [0.29, 0.717) is 6.54 Å². The molecule has 0 saturated carbocycles. The minimum absolute atomic E-state index is 0.0179. The average Bonchev–Trinajstić information content (AvgIpc) is 2.73. The minimum Gasteiger partial charge on any atom is -0.471 e. The maximum atomic E-state index is 12.9. The molecule has 1 atom stereocenters. The molecule has 0 spiro atoms. The summed E-state index contributed by atoms with van der Waals surface area (Å²) < 4.78 is 54.8. The summed E-state index contributed by atoms with van der Waals surface area (Å²) in [6.45, 7) is 3.29. The fourth-order valence-electron chi connectivity index (χ4n) is 3.31. The summed E-state index contributed by atoms with van der Waals surface area (Å²) in [5.74, 6) is -4.73. The number of carbonyl (C=O) groups excluding carboxylic acids is 1. The quantitative estimate of drug-likeness (QED) is 0.635. The maximum absolute atomic E-state index is 12.9. The largest absolute Gasteiger partial charge is 0.471 e. The van der Waals surface area contributed by atoms with Crippen LogP contribution < -0.4 is 4.74 Å². The monoisotopic (exact) mass is 425 g/mol. The van der Waals surface area contributed by atoms with Gasteiger partial charge in [-0.05, 0) is 18.6 Å². The zero-order valence-electron chi connectivity index (χ0n) is 16.5. The van der Waals surface area contributed by atoms with Crippen LogP contribution in [0.25, 0.3) is 0 Å². The third-order valence-electron chi connectivity index (χ3n) is 4.94. The Bertz CT molecular complexity index is 834. The van der Waals surface area contributed by atoms with E-state index in [-0.39, 0.29) is 23.4 Å². The van der Waals surface area contributed by atoms with Crippen molar-refractivity contribution in [2.24, 2.45) is 0 Å². The number of aromatic nitrogens is 1. The molecule has 1 amide bonds. The highest BCUT2D eigenvalue weighted by Gasteiger charge is 2.41. The normalized spacial score (nSPS) is 17.9. The summed E-state index contributed by atoms with van der Waals surface area (Å²) in [4.78, 5) is 20.6. The lowest BCUT2D eigenvalue weighted by Crippen LogP contribution is -2.53. The van der Waals surface area contributed by atoms with Crippen molar-refractivity contribution < 1.29 is 27.1 Å². The summed E-state index contributed by atoms with van der Waals surface area (Å²) in [7, 11) is 0. The number of pyridine rings is 1. The highest BCUT2D eigenvalue weighted by molar-refractivity contribution is 5.94. The summed E-state index contributed by atoms with van der Waals surface area (Å²) in [5, 5.41) is 0. The Labute approximate surface area is 172 Å². The van der Waals surface area contributed by atoms with Crippen LogP contribution >= 0.6 is 0 Å². The van der Waals surface area contributed by atoms with Crippen molar-refractivity contribution in [2.45, 2.75) is 31.9 Å². The van der Waals surface area contributed by atoms with Gasteiger partial charge < -0.3 is 9.64 Å². The molecule has 2 aromatic rings. The van der Waals surface area contributed by atoms with Gasteiger partial charge in [-0.1, -0.05) is 30.3 Å². The smallest absolute Gasteiger partial charge is 0.340 e. The molecule has 1 aromatic carbocycles. The molecule has 0 N–H and O–H groups in total. The van der Waals surface area contributed by atoms with E-state index in [1.54, 1.807) is 4.90 Å². The van der Waals surface area contributed by atoms with Gasteiger partial charge in [0.1, 0.15) is 0 Å². The fraction of sp³-hybridized carbons (Fsp3) is 0.429. The predicted molar refractivity (Wildman–Crippen MR) is 103 cm³/mol. The molecule has 1 aromatic heterocycles. The van der Waals surface area contributed by atoms with Crippen LogP contribution in [0.2, 0.25) is 0 Å². The number of rotatable bonds is 7. The summed E-state index contributed by atoms with van der Waals surface area (Å²) in [5.41, 5.74) is 1.49. The maximum Gasteiger partial charge on any atom is 0.340 e. The Morgan fingerprint density at radius 1 is 1.20 bits per heavy atom. The summed E-state index contributed by atoms with van der Waals surface area (Å²) >= 11 is 0. The first-order valence-corrected chi connectivity index (χ1v) is 9.58. The molecule has 1 saturated heterocycles. The van der Waals surface area contributed by atoms with Gasteiger partial charge in [0.2, 0.25) is 5.88 Å². The first kappa shape index (κ1) is 22.0. The topological polar surface area (TPSA) is 45.7 Å². The number of benzene rings is 1. The zero-order chi connectivity index (χ0) is 21.7. The Morgan fingerprint density at radius 2 is 1.93 bits per heavy atom. The number of ether oxygens (including phenoxy) is 1. The van der Waals surface area contributed by atoms with Crippen molar-refractivity contribution in [3.8, 4) is 5.88 Å². The molecule has 1 aliphatic heterocycles. The zero-order valence-corrected chi connectivity index (χ0v) is 16.5. The van der Waals surface area contributed by atoms with Crippen molar-refractivity contribution in [1.29, 1.82) is 0 Å². The van der Waals surface area contributed by atoms with Crippen LogP contribution in [0.1, 0.15) is 22.8 Å². The molecule has 1 fully saturated rings. The number of amides is 1. The van der Waals surface area contributed by atoms with E-state index in [9.17, 15) is 22.4 Å². The van der Waals surface area contributed by atoms with Crippen molar-refractivity contribution in [1.82, 2.24) is 14.8 Å². The van der Waals surface area contributed by atoms with Crippen molar-refractivity contribution in [3.05, 3.63) is 59.8 Å². The van der Waals surface area contributed by atoms with Crippen molar-refractivity contribution in [3.63, 3.8) is 0 Å². The third kappa shape index (κ3) is 5.47. The number of nitrogens with zero attached hydrogens (tertiary/aromatic N) is 3. The molecule has 5 nitrogen and oxygen atoms in total. The van der Waals surface area contributed by atoms with E-state index in [2.05, 4.69) is 26.8 Å². The van der Waals surface area contributed by atoms with Gasteiger partial charge in [0.15, 0.2) is 6.61 Å². The van der Waals surface area contributed by atoms with Gasteiger partial charge in [-0.3, -0.25) is 9.69 Å². The molecule has 0 radical (unpaired) electrons. The number of carbonyl (C=O) groups is 1. The number of hydrogen-bond donors (Lipinski definition) is 0. The Morgan fingerprint density at radius 3 is 2.53 bits per heavy atom. The van der Waals surface area contributed by atoms with Crippen molar-refractivity contribution >= 4 is 5.91 Å². The molecule has 0 bridgehead atoms. The second-order valence-electron chi connectivity index (χ2n) is 7.30. The molecule has 3 rings (SSSR count). The Balaban J connectivity index is 1.55. The molecule has 2 heterocycles. The number of halogens is 4. The van der Waals surface area contributed by atoms with Gasteiger partial charge >= 0.3 is 12.3 Å². The van der Waals surface area contributed by atoms with Crippen LogP contribution in [-0.4, -0.2) is 65.3 Å². The number of piperazine rings is 1. The van der Waals surface area contributed by atoms with E-state index in [0.717, 1.165) is 19.6 Å². The molecule has 1 unspecified atom stereocenters. The molecule has 0 aliphatic carbocycles.